The third kappa shape index (κ3) is 1.62. The van der Waals surface area contributed by atoms with Crippen molar-refractivity contribution in [1.82, 2.24) is 0 Å². The number of aromatic hydroxyl groups is 1. The van der Waals surface area contributed by atoms with Gasteiger partial charge in [-0.25, -0.2) is 4.39 Å². The number of hydrogen-bond donors (Lipinski definition) is 2. The largest absolute Gasteiger partial charge is 0.508 e. The third-order valence-corrected chi connectivity index (χ3v) is 1.58. The molecule has 0 atom stereocenters. The van der Waals surface area contributed by atoms with Crippen molar-refractivity contribution in [3.8, 4) is 5.75 Å². The van der Waals surface area contributed by atoms with Crippen LogP contribution in [-0.2, 0) is 0 Å². The van der Waals surface area contributed by atoms with E-state index in [0.29, 0.717) is 11.1 Å². The summed E-state index contributed by atoms with van der Waals surface area (Å²) in [6.07, 6.45) is 0. The van der Waals surface area contributed by atoms with Gasteiger partial charge in [0.1, 0.15) is 11.6 Å². The highest BCUT2D eigenvalue weighted by Gasteiger charge is 2.04. The minimum Gasteiger partial charge on any atom is -0.508 e. The zero-order valence-electron chi connectivity index (χ0n) is 6.55. The van der Waals surface area contributed by atoms with Crippen LogP contribution in [0.15, 0.2) is 24.8 Å². The molecule has 2 nitrogen and oxygen atoms in total. The maximum Gasteiger partial charge on any atom is 0.134 e. The van der Waals surface area contributed by atoms with Gasteiger partial charge in [-0.1, -0.05) is 6.58 Å². The van der Waals surface area contributed by atoms with Crippen LogP contribution >= 0.6 is 0 Å². The lowest BCUT2D eigenvalue weighted by atomic mass is 10.1. The summed E-state index contributed by atoms with van der Waals surface area (Å²) in [5.74, 6) is -0.591. The Balaban J connectivity index is 3.09. The molecule has 0 spiro atoms. The molecule has 1 aromatic rings. The highest BCUT2D eigenvalue weighted by Crippen LogP contribution is 2.19. The van der Waals surface area contributed by atoms with Crippen LogP contribution in [0.2, 0.25) is 0 Å². The number of phenols is 1. The summed E-state index contributed by atoms with van der Waals surface area (Å²) >= 11 is 0. The second-order valence-corrected chi connectivity index (χ2v) is 2.47. The molecular weight excluding hydrogens is 157 g/mol. The van der Waals surface area contributed by atoms with Crippen LogP contribution in [0.3, 0.4) is 0 Å². The number of halogens is 1. The molecule has 0 saturated heterocycles. The number of phenolic OH excluding ortho intramolecular Hbond substituents is 1. The number of benzene rings is 1. The highest BCUT2D eigenvalue weighted by atomic mass is 19.1. The number of nitrogens with two attached hydrogens (primary N) is 1. The maximum absolute atomic E-state index is 13.0. The fourth-order valence-corrected chi connectivity index (χ4v) is 0.901. The van der Waals surface area contributed by atoms with Gasteiger partial charge < -0.3 is 10.8 Å². The van der Waals surface area contributed by atoms with Gasteiger partial charge >= 0.3 is 0 Å². The zero-order valence-corrected chi connectivity index (χ0v) is 6.55. The summed E-state index contributed by atoms with van der Waals surface area (Å²) < 4.78 is 13.0. The summed E-state index contributed by atoms with van der Waals surface area (Å²) in [4.78, 5) is 0. The smallest absolute Gasteiger partial charge is 0.134 e. The standard InChI is InChI=1S/C9H10FNO/c1-6(5-11)8-3-2-7(12)4-9(8)10/h2-4,12H,1,5,11H2. The van der Waals surface area contributed by atoms with Gasteiger partial charge in [0.25, 0.3) is 0 Å². The van der Waals surface area contributed by atoms with E-state index in [2.05, 4.69) is 6.58 Å². The molecule has 0 saturated carbocycles. The second kappa shape index (κ2) is 3.36. The first-order valence-corrected chi connectivity index (χ1v) is 3.52. The van der Waals surface area contributed by atoms with Crippen LogP contribution in [-0.4, -0.2) is 11.7 Å². The van der Waals surface area contributed by atoms with Crippen LogP contribution in [0, 0.1) is 5.82 Å². The first-order chi connectivity index (χ1) is 5.65. The van der Waals surface area contributed by atoms with Crippen LogP contribution in [0.25, 0.3) is 5.57 Å². The van der Waals surface area contributed by atoms with Gasteiger partial charge in [-0.3, -0.25) is 0 Å². The summed E-state index contributed by atoms with van der Waals surface area (Å²) in [6.45, 7) is 3.80. The van der Waals surface area contributed by atoms with E-state index in [4.69, 9.17) is 10.8 Å². The summed E-state index contributed by atoms with van der Waals surface area (Å²) in [5, 5.41) is 8.89. The normalized spacial score (nSPS) is 9.83. The van der Waals surface area contributed by atoms with Crippen molar-refractivity contribution in [3.63, 3.8) is 0 Å². The van der Waals surface area contributed by atoms with E-state index >= 15 is 0 Å². The molecule has 0 aromatic heterocycles. The SMILES string of the molecule is C=C(CN)c1ccc(O)cc1F. The molecule has 0 bridgehead atoms. The minimum absolute atomic E-state index is 0.0962. The Morgan fingerprint density at radius 3 is 2.75 bits per heavy atom. The molecule has 0 aliphatic rings. The first-order valence-electron chi connectivity index (χ1n) is 3.52. The average Bonchev–Trinajstić information content (AvgIpc) is 2.03. The summed E-state index contributed by atoms with van der Waals surface area (Å²) in [6, 6.07) is 3.90. The Kier molecular flexibility index (Phi) is 2.45. The van der Waals surface area contributed by atoms with Gasteiger partial charge in [-0.15, -0.1) is 0 Å². The molecule has 12 heavy (non-hydrogen) atoms. The molecule has 3 heteroatoms. The lowest BCUT2D eigenvalue weighted by Crippen LogP contribution is -2.02. The van der Waals surface area contributed by atoms with Crippen LogP contribution in [0.5, 0.6) is 5.75 Å². The molecule has 1 aromatic carbocycles. The predicted molar refractivity (Wildman–Crippen MR) is 46.2 cm³/mol. The van der Waals surface area contributed by atoms with Crippen LogP contribution in [0.1, 0.15) is 5.56 Å². The van der Waals surface area contributed by atoms with Gasteiger partial charge in [0.05, 0.1) is 0 Å². The Bertz CT molecular complexity index is 309. The fraction of sp³-hybridized carbons (Fsp3) is 0.111. The minimum atomic E-state index is -0.495. The van der Waals surface area contributed by atoms with Crippen molar-refractivity contribution in [2.45, 2.75) is 0 Å². The molecule has 0 amide bonds. The van der Waals surface area contributed by atoms with Crippen LogP contribution < -0.4 is 5.73 Å². The van der Waals surface area contributed by atoms with Gasteiger partial charge in [0, 0.05) is 18.2 Å². The quantitative estimate of drug-likeness (QED) is 0.701. The first kappa shape index (κ1) is 8.74. The monoisotopic (exact) mass is 167 g/mol. The molecule has 0 fully saturated rings. The van der Waals surface area contributed by atoms with Gasteiger partial charge in [0.2, 0.25) is 0 Å². The van der Waals surface area contributed by atoms with E-state index in [1.807, 2.05) is 0 Å². The van der Waals surface area contributed by atoms with E-state index in [1.165, 1.54) is 12.1 Å². The van der Waals surface area contributed by atoms with E-state index in [-0.39, 0.29) is 12.3 Å². The molecule has 1 rings (SSSR count). The molecular formula is C9H10FNO. The Hall–Kier alpha value is -1.35. The Morgan fingerprint density at radius 1 is 1.58 bits per heavy atom. The number of rotatable bonds is 2. The summed E-state index contributed by atoms with van der Waals surface area (Å²) in [7, 11) is 0. The lowest BCUT2D eigenvalue weighted by Gasteiger charge is -2.03. The van der Waals surface area contributed by atoms with Gasteiger partial charge in [0.15, 0.2) is 0 Å². The molecule has 0 radical (unpaired) electrons. The van der Waals surface area contributed by atoms with Crippen molar-refractivity contribution >= 4 is 5.57 Å². The predicted octanol–water partition coefficient (Wildman–Crippen LogP) is 1.50. The lowest BCUT2D eigenvalue weighted by molar-refractivity contribution is 0.469. The van der Waals surface area contributed by atoms with Crippen molar-refractivity contribution in [2.24, 2.45) is 5.73 Å². The van der Waals surface area contributed by atoms with Gasteiger partial charge in [-0.2, -0.15) is 0 Å². The maximum atomic E-state index is 13.0. The Labute approximate surface area is 70.1 Å². The third-order valence-electron chi connectivity index (χ3n) is 1.58. The fourth-order valence-electron chi connectivity index (χ4n) is 0.901. The van der Waals surface area contributed by atoms with E-state index in [0.717, 1.165) is 6.07 Å². The Morgan fingerprint density at radius 2 is 2.25 bits per heavy atom. The topological polar surface area (TPSA) is 46.2 Å². The van der Waals surface area contributed by atoms with Crippen molar-refractivity contribution in [2.75, 3.05) is 6.54 Å². The molecule has 64 valence electrons. The van der Waals surface area contributed by atoms with Gasteiger partial charge in [-0.05, 0) is 17.7 Å². The van der Waals surface area contributed by atoms with Crippen molar-refractivity contribution in [3.05, 3.63) is 36.2 Å². The number of hydrogen-bond acceptors (Lipinski definition) is 2. The van der Waals surface area contributed by atoms with E-state index in [9.17, 15) is 4.39 Å². The molecule has 0 heterocycles. The molecule has 0 aliphatic heterocycles. The van der Waals surface area contributed by atoms with Crippen LogP contribution in [0.4, 0.5) is 4.39 Å². The van der Waals surface area contributed by atoms with Crippen molar-refractivity contribution in [1.29, 1.82) is 0 Å². The molecule has 0 unspecified atom stereocenters. The summed E-state index contributed by atoms with van der Waals surface area (Å²) in [5.41, 5.74) is 6.16. The molecule has 3 N–H and O–H groups in total. The van der Waals surface area contributed by atoms with E-state index < -0.39 is 5.82 Å². The van der Waals surface area contributed by atoms with E-state index in [1.54, 1.807) is 0 Å². The molecule has 0 aliphatic carbocycles. The average molecular weight is 167 g/mol. The zero-order chi connectivity index (χ0) is 9.14. The highest BCUT2D eigenvalue weighted by molar-refractivity contribution is 5.65. The second-order valence-electron chi connectivity index (χ2n) is 2.47. The van der Waals surface area contributed by atoms with Crippen molar-refractivity contribution < 1.29 is 9.50 Å².